The number of halogens is 1. The fraction of sp³-hybridized carbons (Fsp3) is 1.00. The molecule has 0 aromatic carbocycles. The van der Waals surface area contributed by atoms with Crippen LogP contribution in [0.25, 0.3) is 0 Å². The topological polar surface area (TPSA) is 68.3 Å². The molecule has 0 fully saturated rings. The third-order valence-electron chi connectivity index (χ3n) is 1.02. The Hall–Kier alpha value is 0.190. The van der Waals surface area contributed by atoms with Gasteiger partial charge >= 0.3 is 0 Å². The average molecular weight is 221 g/mol. The summed E-state index contributed by atoms with van der Waals surface area (Å²) < 4.78 is 42.4. The summed E-state index contributed by atoms with van der Waals surface area (Å²) in [7, 11) is -2.76. The lowest BCUT2D eigenvalue weighted by Crippen LogP contribution is -2.21. The molecule has 0 heterocycles. The van der Waals surface area contributed by atoms with Crippen LogP contribution in [0.15, 0.2) is 0 Å². The highest BCUT2D eigenvalue weighted by atomic mass is 35.7. The molecule has 0 aromatic heterocycles. The summed E-state index contributed by atoms with van der Waals surface area (Å²) in [6, 6.07) is 0. The molecule has 0 aliphatic carbocycles. The molecule has 0 amide bonds. The summed E-state index contributed by atoms with van der Waals surface area (Å²) in [4.78, 5) is 0. The van der Waals surface area contributed by atoms with Crippen molar-refractivity contribution in [3.63, 3.8) is 0 Å². The van der Waals surface area contributed by atoms with Crippen LogP contribution in [0.2, 0.25) is 0 Å². The van der Waals surface area contributed by atoms with Crippen molar-refractivity contribution in [2.75, 3.05) is 5.08 Å². The molecule has 7 heteroatoms. The number of rotatable bonds is 3. The highest BCUT2D eigenvalue weighted by molar-refractivity contribution is 8.21. The summed E-state index contributed by atoms with van der Waals surface area (Å²) in [5, 5.41) is -1.70. The lowest BCUT2D eigenvalue weighted by atomic mass is 10.6. The molecular formula is C4H9ClO4S2. The molecule has 11 heavy (non-hydrogen) atoms. The Morgan fingerprint density at radius 2 is 1.55 bits per heavy atom. The van der Waals surface area contributed by atoms with Crippen LogP contribution in [0, 0.1) is 0 Å². The van der Waals surface area contributed by atoms with Gasteiger partial charge in [0.05, 0.1) is 5.25 Å². The molecular weight excluding hydrogens is 212 g/mol. The minimum atomic E-state index is -3.94. The Labute approximate surface area is 70.9 Å². The molecule has 0 bridgehead atoms. The van der Waals surface area contributed by atoms with Crippen molar-refractivity contribution in [1.29, 1.82) is 0 Å². The van der Waals surface area contributed by atoms with Gasteiger partial charge in [-0.05, 0) is 13.8 Å². The molecule has 0 aliphatic rings. The van der Waals surface area contributed by atoms with Gasteiger partial charge in [0, 0.05) is 10.7 Å². The van der Waals surface area contributed by atoms with Gasteiger partial charge in [-0.25, -0.2) is 16.8 Å². The fourth-order valence-corrected chi connectivity index (χ4v) is 4.11. The summed E-state index contributed by atoms with van der Waals surface area (Å²) in [6.45, 7) is 2.80. The molecule has 0 saturated heterocycles. The smallest absolute Gasteiger partial charge is 0.227 e. The van der Waals surface area contributed by atoms with Crippen LogP contribution in [0.5, 0.6) is 0 Å². The van der Waals surface area contributed by atoms with Gasteiger partial charge in [-0.2, -0.15) is 0 Å². The molecule has 4 nitrogen and oxygen atoms in total. The minimum absolute atomic E-state index is 0.712. The van der Waals surface area contributed by atoms with Crippen molar-refractivity contribution in [3.05, 3.63) is 0 Å². The number of hydrogen-bond acceptors (Lipinski definition) is 4. The van der Waals surface area contributed by atoms with E-state index in [-0.39, 0.29) is 0 Å². The van der Waals surface area contributed by atoms with Crippen LogP contribution < -0.4 is 0 Å². The van der Waals surface area contributed by atoms with E-state index in [1.54, 1.807) is 0 Å². The van der Waals surface area contributed by atoms with Crippen LogP contribution in [-0.4, -0.2) is 27.2 Å². The van der Waals surface area contributed by atoms with Crippen molar-refractivity contribution in [1.82, 2.24) is 0 Å². The van der Waals surface area contributed by atoms with Crippen LogP contribution in [0.1, 0.15) is 13.8 Å². The summed E-state index contributed by atoms with van der Waals surface area (Å²) in [5.41, 5.74) is 0. The molecule has 68 valence electrons. The number of hydrogen-bond donors (Lipinski definition) is 0. The molecule has 0 radical (unpaired) electrons. The SMILES string of the molecule is CC(C)S(=O)(=O)CS(=O)(=O)Cl. The molecule has 0 aliphatic heterocycles. The Bertz CT molecular complexity index is 312. The van der Waals surface area contributed by atoms with Crippen molar-refractivity contribution >= 4 is 29.6 Å². The summed E-state index contributed by atoms with van der Waals surface area (Å²) in [6.07, 6.45) is 0. The van der Waals surface area contributed by atoms with E-state index in [0.29, 0.717) is 0 Å². The third-order valence-corrected chi connectivity index (χ3v) is 5.70. The largest absolute Gasteiger partial charge is 0.247 e. The predicted molar refractivity (Wildman–Crippen MR) is 43.7 cm³/mol. The van der Waals surface area contributed by atoms with Gasteiger partial charge in [0.25, 0.3) is 0 Å². The van der Waals surface area contributed by atoms with E-state index in [4.69, 9.17) is 10.7 Å². The van der Waals surface area contributed by atoms with Crippen LogP contribution >= 0.6 is 10.7 Å². The maximum absolute atomic E-state index is 10.9. The Morgan fingerprint density at radius 1 is 1.18 bits per heavy atom. The highest BCUT2D eigenvalue weighted by Crippen LogP contribution is 2.07. The second kappa shape index (κ2) is 3.28. The molecule has 0 spiro atoms. The second-order valence-electron chi connectivity index (χ2n) is 2.37. The van der Waals surface area contributed by atoms with E-state index >= 15 is 0 Å². The van der Waals surface area contributed by atoms with Crippen molar-refractivity contribution < 1.29 is 16.8 Å². The van der Waals surface area contributed by atoms with Crippen molar-refractivity contribution in [2.45, 2.75) is 19.1 Å². The lowest BCUT2D eigenvalue weighted by molar-refractivity contribution is 0.587. The first-order chi connectivity index (χ1) is 4.65. The van der Waals surface area contributed by atoms with E-state index in [0.717, 1.165) is 0 Å². The predicted octanol–water partition coefficient (Wildman–Crippen LogP) is 0.336. The molecule has 0 saturated carbocycles. The quantitative estimate of drug-likeness (QED) is 0.643. The zero-order valence-corrected chi connectivity index (χ0v) is 8.50. The normalized spacial score (nSPS) is 13.8. The van der Waals surface area contributed by atoms with Gasteiger partial charge in [0.15, 0.2) is 14.9 Å². The van der Waals surface area contributed by atoms with Crippen LogP contribution in [-0.2, 0) is 18.9 Å². The van der Waals surface area contributed by atoms with Crippen molar-refractivity contribution in [3.8, 4) is 0 Å². The Kier molecular flexibility index (Phi) is 3.34. The summed E-state index contributed by atoms with van der Waals surface area (Å²) >= 11 is 0. The first-order valence-electron chi connectivity index (χ1n) is 2.79. The van der Waals surface area contributed by atoms with Gasteiger partial charge < -0.3 is 0 Å². The molecule has 0 aromatic rings. The molecule has 0 unspecified atom stereocenters. The zero-order valence-electron chi connectivity index (χ0n) is 6.11. The van der Waals surface area contributed by atoms with Gasteiger partial charge in [0.2, 0.25) is 9.05 Å². The lowest BCUT2D eigenvalue weighted by Gasteiger charge is -2.03. The van der Waals surface area contributed by atoms with Crippen molar-refractivity contribution in [2.24, 2.45) is 0 Å². The summed E-state index contributed by atoms with van der Waals surface area (Å²) in [5.74, 6) is 0. The van der Waals surface area contributed by atoms with E-state index in [2.05, 4.69) is 0 Å². The van der Waals surface area contributed by atoms with Crippen LogP contribution in [0.4, 0.5) is 0 Å². The Balaban J connectivity index is 4.68. The van der Waals surface area contributed by atoms with E-state index in [1.165, 1.54) is 13.8 Å². The van der Waals surface area contributed by atoms with Crippen LogP contribution in [0.3, 0.4) is 0 Å². The van der Waals surface area contributed by atoms with E-state index in [1.807, 2.05) is 0 Å². The van der Waals surface area contributed by atoms with Gasteiger partial charge in [-0.3, -0.25) is 0 Å². The fourth-order valence-electron chi connectivity index (χ4n) is 0.332. The average Bonchev–Trinajstić information content (AvgIpc) is 1.56. The Morgan fingerprint density at radius 3 is 1.64 bits per heavy atom. The minimum Gasteiger partial charge on any atom is -0.227 e. The molecule has 0 N–H and O–H groups in total. The number of sulfone groups is 1. The van der Waals surface area contributed by atoms with Gasteiger partial charge in [-0.1, -0.05) is 0 Å². The molecule has 0 atom stereocenters. The van der Waals surface area contributed by atoms with Gasteiger partial charge in [-0.15, -0.1) is 0 Å². The first-order valence-corrected chi connectivity index (χ1v) is 6.98. The monoisotopic (exact) mass is 220 g/mol. The van der Waals surface area contributed by atoms with E-state index < -0.39 is 29.2 Å². The molecule has 0 rings (SSSR count). The first kappa shape index (κ1) is 11.2. The van der Waals surface area contributed by atoms with E-state index in [9.17, 15) is 16.8 Å². The van der Waals surface area contributed by atoms with Gasteiger partial charge in [0.1, 0.15) is 0 Å². The third kappa shape index (κ3) is 4.60. The zero-order chi connectivity index (χ0) is 9.28. The maximum Gasteiger partial charge on any atom is 0.247 e. The second-order valence-corrected chi connectivity index (χ2v) is 8.07. The standard InChI is InChI=1S/C4H9ClO4S2/c1-4(2)10(6,7)3-11(5,8)9/h4H,3H2,1-2H3. The highest BCUT2D eigenvalue weighted by Gasteiger charge is 2.23. The maximum atomic E-state index is 10.9.